The largest absolute Gasteiger partial charge is 0.453 e. The van der Waals surface area contributed by atoms with E-state index < -0.39 is 50.7 Å². The van der Waals surface area contributed by atoms with E-state index in [9.17, 15) is 32.9 Å². The molecule has 5 heterocycles. The fraction of sp³-hybridized carbons (Fsp3) is 0.378. The van der Waals surface area contributed by atoms with Gasteiger partial charge in [0.1, 0.15) is 35.6 Å². The molecule has 3 aliphatic rings. The molecular formula is C45H48F2N12O8S. The van der Waals surface area contributed by atoms with Crippen molar-refractivity contribution >= 4 is 56.2 Å². The molecule has 3 N–H and O–H groups in total. The Labute approximate surface area is 389 Å². The lowest BCUT2D eigenvalue weighted by Gasteiger charge is -2.40. The van der Waals surface area contributed by atoms with Crippen molar-refractivity contribution < 1.29 is 41.1 Å². The molecule has 3 saturated heterocycles. The number of halogens is 2. The Morgan fingerprint density at radius 3 is 2.44 bits per heavy atom. The first-order valence-electron chi connectivity index (χ1n) is 21.8. The van der Waals surface area contributed by atoms with Crippen LogP contribution >= 0.6 is 0 Å². The Morgan fingerprint density at radius 2 is 1.75 bits per heavy atom. The molecule has 68 heavy (non-hydrogen) atoms. The van der Waals surface area contributed by atoms with Crippen LogP contribution in [0.5, 0.6) is 11.5 Å². The number of ether oxygens (including phenoxy) is 2. The molecule has 3 atom stereocenters. The number of anilines is 3. The molecule has 3 fully saturated rings. The standard InChI is InChI=1S/C45H48F2N12O8S/c1-4-55(2)68(64,65)54-37-10-8-34(46)42(33(37)21-48)67-29-6-9-36-32(20-29)44(63)59(26-51-36)28-22-49-45(50-23-28)58-17-15-57(16-18-58)41(61)25-56-14-13-31(39(24-56)66-3)30-7-5-27(19-35(30)47)52-38-11-12-40(60)53-43(38)62/h5-10,19-20,22-23,26,31,38-39,52,54H,4,11-18,24-25H2,1-3H3,(H,53,60,62)/t31-,38?,39+/m1/s1. The molecular weight excluding hydrogens is 907 g/mol. The van der Waals surface area contributed by atoms with Gasteiger partial charge in [0.15, 0.2) is 11.6 Å². The predicted molar refractivity (Wildman–Crippen MR) is 245 cm³/mol. The highest BCUT2D eigenvalue weighted by Gasteiger charge is 2.35. The van der Waals surface area contributed by atoms with Crippen molar-refractivity contribution in [3.05, 3.63) is 100 Å². The number of likely N-dealkylation sites (tertiary alicyclic amines) is 1. The van der Waals surface area contributed by atoms with Crippen LogP contribution in [0.1, 0.15) is 43.2 Å². The van der Waals surface area contributed by atoms with E-state index in [2.05, 4.69) is 30.3 Å². The van der Waals surface area contributed by atoms with Crippen LogP contribution in [-0.4, -0.2) is 138 Å². The summed E-state index contributed by atoms with van der Waals surface area (Å²) in [4.78, 5) is 70.1. The van der Waals surface area contributed by atoms with Crippen LogP contribution in [-0.2, 0) is 29.3 Å². The Kier molecular flexibility index (Phi) is 13.9. The molecule has 2 aromatic heterocycles. The van der Waals surface area contributed by atoms with Gasteiger partial charge in [-0.15, -0.1) is 0 Å². The van der Waals surface area contributed by atoms with Crippen LogP contribution in [0.2, 0.25) is 0 Å². The van der Waals surface area contributed by atoms with Crippen LogP contribution in [0, 0.1) is 23.0 Å². The zero-order chi connectivity index (χ0) is 48.3. The number of rotatable bonds is 14. The SMILES string of the molecule is CCN(C)S(=O)(=O)Nc1ccc(F)c(Oc2ccc3ncn(-c4cnc(N5CCN(C(=O)CN6CC[C@H](c7ccc(NC8CCC(=O)NC8=O)cc7F)[C@@H](OC)C6)CC5)nc4)c(=O)c3c2)c1C#N. The molecule has 0 aliphatic carbocycles. The molecule has 3 aromatic carbocycles. The number of piperazine rings is 1. The number of nitrogens with zero attached hydrogens (tertiary/aromatic N) is 9. The highest BCUT2D eigenvalue weighted by Crippen LogP contribution is 2.35. The van der Waals surface area contributed by atoms with Gasteiger partial charge in [0.25, 0.3) is 5.56 Å². The lowest BCUT2D eigenvalue weighted by molar-refractivity contribution is -0.134. The number of nitriles is 1. The molecule has 5 aromatic rings. The minimum atomic E-state index is -4.05. The number of nitrogens with one attached hydrogen (secondary N) is 3. The van der Waals surface area contributed by atoms with Gasteiger partial charge in [0.2, 0.25) is 23.7 Å². The van der Waals surface area contributed by atoms with Crippen molar-refractivity contribution in [1.29, 1.82) is 5.26 Å². The zero-order valence-electron chi connectivity index (χ0n) is 37.3. The second kappa shape index (κ2) is 20.0. The summed E-state index contributed by atoms with van der Waals surface area (Å²) in [7, 11) is -1.13. The number of aromatic nitrogens is 4. The minimum Gasteiger partial charge on any atom is -0.453 e. The number of imide groups is 1. The van der Waals surface area contributed by atoms with E-state index >= 15 is 8.78 Å². The first-order valence-corrected chi connectivity index (χ1v) is 23.3. The third-order valence-electron chi connectivity index (χ3n) is 12.4. The summed E-state index contributed by atoms with van der Waals surface area (Å²) in [6, 6.07) is 12.3. The Morgan fingerprint density at radius 1 is 0.985 bits per heavy atom. The Balaban J connectivity index is 0.861. The van der Waals surface area contributed by atoms with Crippen molar-refractivity contribution in [2.75, 3.05) is 81.5 Å². The first kappa shape index (κ1) is 47.4. The van der Waals surface area contributed by atoms with Gasteiger partial charge in [-0.05, 0) is 67.4 Å². The van der Waals surface area contributed by atoms with Crippen molar-refractivity contribution in [2.45, 2.75) is 44.2 Å². The summed E-state index contributed by atoms with van der Waals surface area (Å²) in [5, 5.41) is 15.3. The fourth-order valence-electron chi connectivity index (χ4n) is 8.42. The number of piperidine rings is 2. The number of carbonyl (C=O) groups excluding carboxylic acids is 3. The maximum absolute atomic E-state index is 15.5. The summed E-state index contributed by atoms with van der Waals surface area (Å²) in [5.74, 6) is -2.57. The average Bonchev–Trinajstić information content (AvgIpc) is 3.33. The molecule has 0 saturated carbocycles. The quantitative estimate of drug-likeness (QED) is 0.136. The normalized spacial score (nSPS) is 19.2. The van der Waals surface area contributed by atoms with Crippen LogP contribution < -0.4 is 30.6 Å². The number of benzene rings is 3. The number of amides is 3. The van der Waals surface area contributed by atoms with E-state index in [1.807, 2.05) is 9.80 Å². The third-order valence-corrected chi connectivity index (χ3v) is 13.9. The van der Waals surface area contributed by atoms with E-state index in [0.29, 0.717) is 80.5 Å². The molecule has 23 heteroatoms. The summed E-state index contributed by atoms with van der Waals surface area (Å²) in [6.07, 6.45) is 4.99. The second-order valence-electron chi connectivity index (χ2n) is 16.5. The zero-order valence-corrected chi connectivity index (χ0v) is 38.1. The Hall–Kier alpha value is -7.13. The highest BCUT2D eigenvalue weighted by atomic mass is 32.2. The topological polar surface area (TPSA) is 237 Å². The molecule has 0 bridgehead atoms. The highest BCUT2D eigenvalue weighted by molar-refractivity contribution is 7.90. The first-order chi connectivity index (χ1) is 32.7. The lowest BCUT2D eigenvalue weighted by atomic mass is 9.86. The van der Waals surface area contributed by atoms with E-state index in [0.717, 1.165) is 16.4 Å². The molecule has 8 rings (SSSR count). The van der Waals surface area contributed by atoms with E-state index in [-0.39, 0.29) is 60.2 Å². The smallest absolute Gasteiger partial charge is 0.301 e. The fourth-order valence-corrected chi connectivity index (χ4v) is 9.37. The maximum atomic E-state index is 15.5. The monoisotopic (exact) mass is 954 g/mol. The van der Waals surface area contributed by atoms with Crippen molar-refractivity contribution in [2.24, 2.45) is 0 Å². The molecule has 3 aliphatic heterocycles. The average molecular weight is 955 g/mol. The summed E-state index contributed by atoms with van der Waals surface area (Å²) < 4.78 is 72.0. The van der Waals surface area contributed by atoms with Crippen LogP contribution in [0.3, 0.4) is 0 Å². The number of hydrogen-bond acceptors (Lipinski definition) is 15. The number of carbonyl (C=O) groups is 3. The minimum absolute atomic E-state index is 0.0119. The molecule has 356 valence electrons. The summed E-state index contributed by atoms with van der Waals surface area (Å²) >= 11 is 0. The van der Waals surface area contributed by atoms with E-state index in [1.165, 1.54) is 54.6 Å². The van der Waals surface area contributed by atoms with Crippen LogP contribution in [0.15, 0.2) is 72.0 Å². The number of fused-ring (bicyclic) bond motifs is 1. The van der Waals surface area contributed by atoms with Gasteiger partial charge in [0, 0.05) is 71.5 Å². The van der Waals surface area contributed by atoms with Crippen molar-refractivity contribution in [1.82, 2.24) is 38.9 Å². The molecule has 20 nitrogen and oxygen atoms in total. The second-order valence-corrected chi connectivity index (χ2v) is 18.3. The van der Waals surface area contributed by atoms with E-state index in [4.69, 9.17) is 9.47 Å². The predicted octanol–water partition coefficient (Wildman–Crippen LogP) is 3.10. The van der Waals surface area contributed by atoms with Gasteiger partial charge in [0.05, 0.1) is 47.3 Å². The molecule has 1 unspecified atom stereocenters. The third kappa shape index (κ3) is 10.1. The molecule has 0 spiro atoms. The van der Waals surface area contributed by atoms with Gasteiger partial charge < -0.3 is 24.6 Å². The lowest BCUT2D eigenvalue weighted by Crippen LogP contribution is -2.53. The van der Waals surface area contributed by atoms with Gasteiger partial charge >= 0.3 is 10.2 Å². The van der Waals surface area contributed by atoms with Gasteiger partial charge in [-0.3, -0.25) is 38.7 Å². The summed E-state index contributed by atoms with van der Waals surface area (Å²) in [5.41, 5.74) is 0.434. The molecule has 0 radical (unpaired) electrons. The summed E-state index contributed by atoms with van der Waals surface area (Å²) in [6.45, 7) is 4.69. The maximum Gasteiger partial charge on any atom is 0.301 e. The number of methoxy groups -OCH3 is 1. The van der Waals surface area contributed by atoms with Gasteiger partial charge in [-0.1, -0.05) is 13.0 Å². The van der Waals surface area contributed by atoms with Gasteiger partial charge in [-0.2, -0.15) is 18.0 Å². The number of hydrogen-bond donors (Lipinski definition) is 3. The van der Waals surface area contributed by atoms with Crippen molar-refractivity contribution in [3.63, 3.8) is 0 Å². The van der Waals surface area contributed by atoms with E-state index in [1.54, 1.807) is 37.1 Å². The molecule has 3 amide bonds. The van der Waals surface area contributed by atoms with Crippen molar-refractivity contribution in [3.8, 4) is 23.3 Å². The van der Waals surface area contributed by atoms with Crippen LogP contribution in [0.25, 0.3) is 16.6 Å². The Bertz CT molecular complexity index is 2960. The van der Waals surface area contributed by atoms with Crippen LogP contribution in [0.4, 0.5) is 26.1 Å². The van der Waals surface area contributed by atoms with Gasteiger partial charge in [-0.25, -0.2) is 23.7 Å².